The number of nitrogens with one attached hydrogen (secondary N) is 2. The Morgan fingerprint density at radius 2 is 1.73 bits per heavy atom. The van der Waals surface area contributed by atoms with Gasteiger partial charge in [0.15, 0.2) is 5.96 Å². The molecule has 0 spiro atoms. The number of rotatable bonds is 10. The highest BCUT2D eigenvalue weighted by Crippen LogP contribution is 2.10. The van der Waals surface area contributed by atoms with Crippen molar-refractivity contribution >= 4 is 40.7 Å². The lowest BCUT2D eigenvalue weighted by atomic mass is 10.3. The van der Waals surface area contributed by atoms with Crippen LogP contribution in [0, 0.1) is 0 Å². The second-order valence-corrected chi connectivity index (χ2v) is 8.23. The number of halogens is 1. The number of guanidine groups is 1. The Hall–Kier alpha value is 0.110. The maximum Gasteiger partial charge on any atom is 0.191 e. The molecule has 0 fully saturated rings. The van der Waals surface area contributed by atoms with Gasteiger partial charge in [0.2, 0.25) is 0 Å². The van der Waals surface area contributed by atoms with Gasteiger partial charge in [-0.3, -0.25) is 9.20 Å². The molecule has 0 rings (SSSR count). The van der Waals surface area contributed by atoms with E-state index in [1.54, 1.807) is 7.05 Å². The molecule has 0 aliphatic carbocycles. The number of hydrogen-bond donors (Lipinski definition) is 2. The molecular formula is C15H34IN3O2S. The van der Waals surface area contributed by atoms with Crippen LogP contribution in [0.3, 0.4) is 0 Å². The first-order valence-corrected chi connectivity index (χ1v) is 9.14. The van der Waals surface area contributed by atoms with Gasteiger partial charge >= 0.3 is 0 Å². The zero-order valence-corrected chi connectivity index (χ0v) is 17.9. The standard InChI is InChI=1S/C15H33N3O2S.HI/c1-6-7-11-20-12-8-9-17-14(16-5)18-10-13-21(19)15(2,3)4;/h6-13H2,1-5H3,(H2,16,17,18);1H. The van der Waals surface area contributed by atoms with Crippen LogP contribution in [0.5, 0.6) is 0 Å². The van der Waals surface area contributed by atoms with Crippen molar-refractivity contribution < 1.29 is 8.95 Å². The smallest absolute Gasteiger partial charge is 0.191 e. The molecule has 2 N–H and O–H groups in total. The van der Waals surface area contributed by atoms with E-state index in [-0.39, 0.29) is 28.7 Å². The van der Waals surface area contributed by atoms with Crippen LogP contribution in [-0.2, 0) is 15.5 Å². The summed E-state index contributed by atoms with van der Waals surface area (Å²) in [6.07, 6.45) is 3.25. The molecule has 134 valence electrons. The fourth-order valence-corrected chi connectivity index (χ4v) is 2.42. The van der Waals surface area contributed by atoms with Gasteiger partial charge in [-0.05, 0) is 33.6 Å². The van der Waals surface area contributed by atoms with E-state index >= 15 is 0 Å². The Morgan fingerprint density at radius 3 is 2.27 bits per heavy atom. The first-order valence-electron chi connectivity index (χ1n) is 7.82. The van der Waals surface area contributed by atoms with E-state index in [0.29, 0.717) is 12.3 Å². The molecule has 0 bridgehead atoms. The largest absolute Gasteiger partial charge is 0.381 e. The minimum absolute atomic E-state index is 0. The van der Waals surface area contributed by atoms with Crippen molar-refractivity contribution in [1.82, 2.24) is 10.6 Å². The van der Waals surface area contributed by atoms with Crippen LogP contribution in [0.25, 0.3) is 0 Å². The minimum Gasteiger partial charge on any atom is -0.381 e. The molecule has 0 aromatic heterocycles. The highest BCUT2D eigenvalue weighted by atomic mass is 127. The third kappa shape index (κ3) is 13.8. The van der Waals surface area contributed by atoms with Crippen molar-refractivity contribution in [3.05, 3.63) is 0 Å². The third-order valence-electron chi connectivity index (χ3n) is 2.89. The van der Waals surface area contributed by atoms with E-state index in [4.69, 9.17) is 4.74 Å². The first-order chi connectivity index (χ1) is 9.91. The molecule has 0 aliphatic rings. The summed E-state index contributed by atoms with van der Waals surface area (Å²) in [6, 6.07) is 0. The molecule has 0 aromatic carbocycles. The first kappa shape index (κ1) is 24.4. The minimum atomic E-state index is -0.833. The van der Waals surface area contributed by atoms with Crippen LogP contribution >= 0.6 is 24.0 Å². The highest BCUT2D eigenvalue weighted by Gasteiger charge is 2.18. The monoisotopic (exact) mass is 447 g/mol. The summed E-state index contributed by atoms with van der Waals surface area (Å²) in [7, 11) is 0.911. The fraction of sp³-hybridized carbons (Fsp3) is 0.933. The Balaban J connectivity index is 0. The van der Waals surface area contributed by atoms with Crippen molar-refractivity contribution in [2.45, 2.75) is 51.7 Å². The highest BCUT2D eigenvalue weighted by molar-refractivity contribution is 14.0. The van der Waals surface area contributed by atoms with Crippen LogP contribution in [0.15, 0.2) is 4.99 Å². The van der Waals surface area contributed by atoms with Gasteiger partial charge < -0.3 is 15.4 Å². The maximum absolute atomic E-state index is 11.9. The summed E-state index contributed by atoms with van der Waals surface area (Å²) in [6.45, 7) is 11.3. The molecule has 0 aromatic rings. The van der Waals surface area contributed by atoms with Crippen molar-refractivity contribution in [2.75, 3.05) is 39.1 Å². The van der Waals surface area contributed by atoms with Crippen molar-refractivity contribution in [3.63, 3.8) is 0 Å². The molecule has 0 saturated carbocycles. The van der Waals surface area contributed by atoms with E-state index in [0.717, 1.165) is 38.6 Å². The van der Waals surface area contributed by atoms with Gasteiger partial charge in [-0.25, -0.2) is 0 Å². The lowest BCUT2D eigenvalue weighted by molar-refractivity contribution is 0.129. The Kier molecular flexibility index (Phi) is 16.3. The van der Waals surface area contributed by atoms with Gasteiger partial charge in [-0.1, -0.05) is 13.3 Å². The van der Waals surface area contributed by atoms with Gasteiger partial charge in [0.1, 0.15) is 0 Å². The molecule has 22 heavy (non-hydrogen) atoms. The fourth-order valence-electron chi connectivity index (χ4n) is 1.52. The Labute approximate surface area is 155 Å². The second-order valence-electron chi connectivity index (χ2n) is 5.91. The second kappa shape index (κ2) is 14.7. The quantitative estimate of drug-likeness (QED) is 0.234. The van der Waals surface area contributed by atoms with Crippen molar-refractivity contribution in [2.24, 2.45) is 4.99 Å². The van der Waals surface area contributed by atoms with Crippen LogP contribution in [0.1, 0.15) is 47.0 Å². The molecule has 0 saturated heterocycles. The maximum atomic E-state index is 11.9. The van der Waals surface area contributed by atoms with Crippen LogP contribution in [-0.4, -0.2) is 54.0 Å². The summed E-state index contributed by atoms with van der Waals surface area (Å²) in [5.74, 6) is 1.39. The van der Waals surface area contributed by atoms with E-state index < -0.39 is 10.8 Å². The summed E-state index contributed by atoms with van der Waals surface area (Å²) in [5.41, 5.74) is 0. The summed E-state index contributed by atoms with van der Waals surface area (Å²) in [5, 5.41) is 6.42. The number of unbranched alkanes of at least 4 members (excludes halogenated alkanes) is 1. The topological polar surface area (TPSA) is 62.7 Å². The van der Waals surface area contributed by atoms with Crippen LogP contribution in [0.4, 0.5) is 0 Å². The van der Waals surface area contributed by atoms with Crippen molar-refractivity contribution in [3.8, 4) is 0 Å². The Bertz CT molecular complexity index is 320. The summed E-state index contributed by atoms with van der Waals surface area (Å²) in [4.78, 5) is 4.15. The molecule has 0 heterocycles. The average Bonchev–Trinajstić information content (AvgIpc) is 2.43. The molecule has 7 heteroatoms. The molecule has 1 unspecified atom stereocenters. The lowest BCUT2D eigenvalue weighted by Gasteiger charge is -2.18. The third-order valence-corrected chi connectivity index (χ3v) is 4.83. The van der Waals surface area contributed by atoms with E-state index in [9.17, 15) is 4.21 Å². The van der Waals surface area contributed by atoms with Crippen molar-refractivity contribution in [1.29, 1.82) is 0 Å². The molecule has 1 atom stereocenters. The van der Waals surface area contributed by atoms with Gasteiger partial charge in [0.25, 0.3) is 0 Å². The SMILES string of the molecule is CCCCOCCCNC(=NC)NCCS(=O)C(C)(C)C.I. The predicted molar refractivity (Wildman–Crippen MR) is 108 cm³/mol. The van der Waals surface area contributed by atoms with Gasteiger partial charge in [0, 0.05) is 54.7 Å². The number of hydrogen-bond acceptors (Lipinski definition) is 3. The van der Waals surface area contributed by atoms with Gasteiger partial charge in [-0.15, -0.1) is 24.0 Å². The molecular weight excluding hydrogens is 413 g/mol. The summed E-state index contributed by atoms with van der Waals surface area (Å²) >= 11 is 0. The van der Waals surface area contributed by atoms with Gasteiger partial charge in [0.05, 0.1) is 0 Å². The normalized spacial score (nSPS) is 13.4. The number of aliphatic imine (C=N–C) groups is 1. The zero-order valence-electron chi connectivity index (χ0n) is 14.7. The number of ether oxygens (including phenoxy) is 1. The van der Waals surface area contributed by atoms with Gasteiger partial charge in [-0.2, -0.15) is 0 Å². The molecule has 0 amide bonds. The average molecular weight is 447 g/mol. The van der Waals surface area contributed by atoms with E-state index in [1.165, 1.54) is 6.42 Å². The van der Waals surface area contributed by atoms with E-state index in [1.807, 2.05) is 20.8 Å². The summed E-state index contributed by atoms with van der Waals surface area (Å²) < 4.78 is 17.3. The predicted octanol–water partition coefficient (Wildman–Crippen LogP) is 2.52. The zero-order chi connectivity index (χ0) is 16.1. The lowest BCUT2D eigenvalue weighted by Crippen LogP contribution is -2.40. The van der Waals surface area contributed by atoms with Crippen LogP contribution < -0.4 is 10.6 Å². The molecule has 0 aliphatic heterocycles. The Morgan fingerprint density at radius 1 is 1.14 bits per heavy atom. The van der Waals surface area contributed by atoms with Crippen LogP contribution in [0.2, 0.25) is 0 Å². The molecule has 5 nitrogen and oxygen atoms in total. The van der Waals surface area contributed by atoms with E-state index in [2.05, 4.69) is 22.5 Å². The number of nitrogens with zero attached hydrogens (tertiary/aromatic N) is 1. The molecule has 0 radical (unpaired) electrons.